The van der Waals surface area contributed by atoms with E-state index in [1.807, 2.05) is 31.2 Å². The van der Waals surface area contributed by atoms with Crippen molar-refractivity contribution in [3.8, 4) is 0 Å². The minimum absolute atomic E-state index is 0.129. The van der Waals surface area contributed by atoms with Crippen molar-refractivity contribution in [1.29, 1.82) is 0 Å². The molecule has 25 heavy (non-hydrogen) atoms. The van der Waals surface area contributed by atoms with Crippen molar-refractivity contribution in [2.24, 2.45) is 5.92 Å². The lowest BCUT2D eigenvalue weighted by Gasteiger charge is -2.34. The second kappa shape index (κ2) is 8.65. The van der Waals surface area contributed by atoms with E-state index in [9.17, 15) is 8.42 Å². The molecule has 0 N–H and O–H groups in total. The van der Waals surface area contributed by atoms with Crippen LogP contribution in [0.5, 0.6) is 0 Å². The molecular weight excluding hydrogens is 332 g/mol. The molecule has 0 saturated carbocycles. The Morgan fingerprint density at radius 1 is 0.920 bits per heavy atom. The number of likely N-dealkylation sites (tertiary alicyclic amines) is 1. The highest BCUT2D eigenvalue weighted by Crippen LogP contribution is 2.23. The van der Waals surface area contributed by atoms with Crippen LogP contribution in [0.15, 0.2) is 24.3 Å². The molecule has 5 heteroatoms. The normalized spacial score (nSPS) is 22.0. The standard InChI is InChI=1S/C20H32N2O2S/c1-18-6-8-20(9-7-18)17-25(23,24)22-14-10-19(11-15-22)16-21-12-4-2-3-5-13-21/h6-9,19H,2-5,10-17H2,1H3. The molecular formula is C20H32N2O2S. The molecule has 2 aliphatic rings. The van der Waals surface area contributed by atoms with Gasteiger partial charge in [-0.3, -0.25) is 0 Å². The smallest absolute Gasteiger partial charge is 0.218 e. The Balaban J connectivity index is 1.49. The number of nitrogens with zero attached hydrogens (tertiary/aromatic N) is 2. The Bertz CT molecular complexity index is 626. The van der Waals surface area contributed by atoms with Gasteiger partial charge in [-0.15, -0.1) is 0 Å². The quantitative estimate of drug-likeness (QED) is 0.804. The highest BCUT2D eigenvalue weighted by atomic mass is 32.2. The van der Waals surface area contributed by atoms with E-state index >= 15 is 0 Å². The largest absolute Gasteiger partial charge is 0.303 e. The molecule has 2 saturated heterocycles. The fourth-order valence-corrected chi connectivity index (χ4v) is 5.60. The molecule has 140 valence electrons. The SMILES string of the molecule is Cc1ccc(CS(=O)(=O)N2CCC(CN3CCCCCC3)CC2)cc1. The van der Waals surface area contributed by atoms with Crippen molar-refractivity contribution in [1.82, 2.24) is 9.21 Å². The van der Waals surface area contributed by atoms with Crippen LogP contribution in [0, 0.1) is 12.8 Å². The van der Waals surface area contributed by atoms with Gasteiger partial charge in [-0.25, -0.2) is 12.7 Å². The van der Waals surface area contributed by atoms with Gasteiger partial charge in [0.15, 0.2) is 0 Å². The third-order valence-corrected chi connectivity index (χ3v) is 7.50. The highest BCUT2D eigenvalue weighted by Gasteiger charge is 2.29. The lowest BCUT2D eigenvalue weighted by atomic mass is 9.97. The first kappa shape index (κ1) is 18.9. The monoisotopic (exact) mass is 364 g/mol. The predicted molar refractivity (Wildman–Crippen MR) is 103 cm³/mol. The fourth-order valence-electron chi connectivity index (χ4n) is 4.04. The summed E-state index contributed by atoms with van der Waals surface area (Å²) in [4.78, 5) is 2.61. The van der Waals surface area contributed by atoms with Crippen LogP contribution in [0.1, 0.15) is 49.7 Å². The summed E-state index contributed by atoms with van der Waals surface area (Å²) < 4.78 is 27.1. The van der Waals surface area contributed by atoms with E-state index in [1.54, 1.807) is 4.31 Å². The molecule has 0 bridgehead atoms. The van der Waals surface area contributed by atoms with Crippen molar-refractivity contribution in [2.45, 2.75) is 51.2 Å². The van der Waals surface area contributed by atoms with Gasteiger partial charge in [0.2, 0.25) is 10.0 Å². The minimum atomic E-state index is -3.19. The molecule has 3 rings (SSSR count). The minimum Gasteiger partial charge on any atom is -0.303 e. The average molecular weight is 365 g/mol. The molecule has 1 aromatic carbocycles. The summed E-state index contributed by atoms with van der Waals surface area (Å²) in [6.07, 6.45) is 7.39. The first-order valence-electron chi connectivity index (χ1n) is 9.79. The highest BCUT2D eigenvalue weighted by molar-refractivity contribution is 7.88. The molecule has 2 aliphatic heterocycles. The van der Waals surface area contributed by atoms with E-state index in [0.717, 1.165) is 30.5 Å². The summed E-state index contributed by atoms with van der Waals surface area (Å²) in [6.45, 7) is 7.01. The zero-order valence-electron chi connectivity index (χ0n) is 15.5. The number of benzene rings is 1. The molecule has 0 aliphatic carbocycles. The summed E-state index contributed by atoms with van der Waals surface area (Å²) in [5.74, 6) is 0.785. The molecule has 2 fully saturated rings. The average Bonchev–Trinajstić information content (AvgIpc) is 2.86. The zero-order chi connectivity index (χ0) is 17.7. The van der Waals surface area contributed by atoms with E-state index in [-0.39, 0.29) is 5.75 Å². The summed E-state index contributed by atoms with van der Waals surface area (Å²) >= 11 is 0. The van der Waals surface area contributed by atoms with Gasteiger partial charge in [-0.1, -0.05) is 42.7 Å². The summed E-state index contributed by atoms with van der Waals surface area (Å²) in [5.41, 5.74) is 2.05. The Labute approximate surface area is 153 Å². The lowest BCUT2D eigenvalue weighted by molar-refractivity contribution is 0.186. The first-order valence-corrected chi connectivity index (χ1v) is 11.4. The predicted octanol–water partition coefficient (Wildman–Crippen LogP) is 3.41. The van der Waals surface area contributed by atoms with Crippen LogP contribution in [-0.4, -0.2) is 50.3 Å². The number of piperidine rings is 1. The van der Waals surface area contributed by atoms with Crippen LogP contribution in [0.25, 0.3) is 0 Å². The van der Waals surface area contributed by atoms with Gasteiger partial charge >= 0.3 is 0 Å². The van der Waals surface area contributed by atoms with E-state index in [0.29, 0.717) is 19.0 Å². The van der Waals surface area contributed by atoms with Crippen molar-refractivity contribution < 1.29 is 8.42 Å². The van der Waals surface area contributed by atoms with Crippen LogP contribution >= 0.6 is 0 Å². The second-order valence-electron chi connectivity index (χ2n) is 7.80. The van der Waals surface area contributed by atoms with Gasteiger partial charge in [0.1, 0.15) is 0 Å². The summed E-state index contributed by atoms with van der Waals surface area (Å²) in [7, 11) is -3.19. The Kier molecular flexibility index (Phi) is 6.53. The number of aryl methyl sites for hydroxylation is 1. The molecule has 1 aromatic rings. The molecule has 0 amide bonds. The van der Waals surface area contributed by atoms with Gasteiger partial charge in [0.25, 0.3) is 0 Å². The number of hydrogen-bond donors (Lipinski definition) is 0. The van der Waals surface area contributed by atoms with Crippen LogP contribution in [-0.2, 0) is 15.8 Å². The van der Waals surface area contributed by atoms with Crippen LogP contribution in [0.4, 0.5) is 0 Å². The Morgan fingerprint density at radius 3 is 2.12 bits per heavy atom. The van der Waals surface area contributed by atoms with Gasteiger partial charge in [0, 0.05) is 19.6 Å². The Morgan fingerprint density at radius 2 is 1.52 bits per heavy atom. The number of hydrogen-bond acceptors (Lipinski definition) is 3. The third-order valence-electron chi connectivity index (χ3n) is 5.65. The van der Waals surface area contributed by atoms with Crippen LogP contribution in [0.3, 0.4) is 0 Å². The number of sulfonamides is 1. The van der Waals surface area contributed by atoms with Gasteiger partial charge in [-0.05, 0) is 57.2 Å². The summed E-state index contributed by atoms with van der Waals surface area (Å²) in [6, 6.07) is 7.83. The topological polar surface area (TPSA) is 40.6 Å². The maximum Gasteiger partial charge on any atom is 0.218 e. The fraction of sp³-hybridized carbons (Fsp3) is 0.700. The van der Waals surface area contributed by atoms with Crippen LogP contribution in [0.2, 0.25) is 0 Å². The van der Waals surface area contributed by atoms with Crippen molar-refractivity contribution in [3.05, 3.63) is 35.4 Å². The van der Waals surface area contributed by atoms with E-state index in [4.69, 9.17) is 0 Å². The Hall–Kier alpha value is -0.910. The summed E-state index contributed by atoms with van der Waals surface area (Å²) in [5, 5.41) is 0. The van der Waals surface area contributed by atoms with E-state index in [1.165, 1.54) is 38.8 Å². The molecule has 2 heterocycles. The molecule has 0 atom stereocenters. The maximum atomic E-state index is 12.7. The first-order chi connectivity index (χ1) is 12.0. The lowest BCUT2D eigenvalue weighted by Crippen LogP contribution is -2.42. The van der Waals surface area contributed by atoms with E-state index in [2.05, 4.69) is 4.90 Å². The maximum absolute atomic E-state index is 12.7. The molecule has 0 aromatic heterocycles. The number of rotatable bonds is 5. The molecule has 0 spiro atoms. The van der Waals surface area contributed by atoms with Gasteiger partial charge in [-0.2, -0.15) is 0 Å². The zero-order valence-corrected chi connectivity index (χ0v) is 16.3. The van der Waals surface area contributed by atoms with Crippen molar-refractivity contribution in [3.63, 3.8) is 0 Å². The van der Waals surface area contributed by atoms with Gasteiger partial charge < -0.3 is 4.90 Å². The molecule has 0 unspecified atom stereocenters. The van der Waals surface area contributed by atoms with Gasteiger partial charge in [0.05, 0.1) is 5.75 Å². The molecule has 0 radical (unpaired) electrons. The van der Waals surface area contributed by atoms with E-state index < -0.39 is 10.0 Å². The van der Waals surface area contributed by atoms with Crippen molar-refractivity contribution >= 4 is 10.0 Å². The second-order valence-corrected chi connectivity index (χ2v) is 9.77. The van der Waals surface area contributed by atoms with Crippen molar-refractivity contribution in [2.75, 3.05) is 32.7 Å². The third kappa shape index (κ3) is 5.53. The van der Waals surface area contributed by atoms with Crippen LogP contribution < -0.4 is 0 Å². The molecule has 4 nitrogen and oxygen atoms in total.